The van der Waals surface area contributed by atoms with Gasteiger partial charge in [-0.05, 0) is 71.2 Å². The molecule has 8 nitrogen and oxygen atoms in total. The van der Waals surface area contributed by atoms with Gasteiger partial charge in [0.05, 0.1) is 17.9 Å². The average Bonchev–Trinajstić information content (AvgIpc) is 3.19. The molecule has 166 valence electrons. The topological polar surface area (TPSA) is 84.9 Å². The van der Waals surface area contributed by atoms with Gasteiger partial charge in [0.2, 0.25) is 0 Å². The molecular weight excluding hydrogens is 388 g/mol. The Morgan fingerprint density at radius 1 is 1.16 bits per heavy atom. The van der Waals surface area contributed by atoms with Crippen molar-refractivity contribution < 1.29 is 0 Å². The normalized spacial score (nSPS) is 12.8. The maximum atomic E-state index is 4.75. The molecule has 0 aliphatic carbocycles. The van der Waals surface area contributed by atoms with E-state index in [0.717, 1.165) is 47.4 Å². The molecule has 0 aromatic carbocycles. The number of hydrogen-bond donors (Lipinski definition) is 2. The van der Waals surface area contributed by atoms with Crippen molar-refractivity contribution in [2.75, 3.05) is 6.54 Å². The molecule has 8 heteroatoms. The summed E-state index contributed by atoms with van der Waals surface area (Å²) in [4.78, 5) is 9.32. The first-order valence-corrected chi connectivity index (χ1v) is 10.8. The van der Waals surface area contributed by atoms with Crippen LogP contribution in [0.1, 0.15) is 47.8 Å². The van der Waals surface area contributed by atoms with Crippen LogP contribution in [0, 0.1) is 27.7 Å². The molecule has 0 saturated heterocycles. The van der Waals surface area contributed by atoms with Gasteiger partial charge in [0.1, 0.15) is 0 Å². The Balaban J connectivity index is 1.65. The lowest BCUT2D eigenvalue weighted by molar-refractivity contribution is 0.635. The number of nitrogens with one attached hydrogen (secondary N) is 2. The number of guanidine groups is 1. The molecule has 3 aromatic rings. The number of nitrogens with zero attached hydrogens (tertiary/aromatic N) is 6. The molecule has 0 saturated carbocycles. The van der Waals surface area contributed by atoms with Gasteiger partial charge in [-0.1, -0.05) is 6.07 Å². The Morgan fingerprint density at radius 3 is 2.48 bits per heavy atom. The summed E-state index contributed by atoms with van der Waals surface area (Å²) in [6.07, 6.45) is 2.76. The van der Waals surface area contributed by atoms with Gasteiger partial charge < -0.3 is 10.6 Å². The van der Waals surface area contributed by atoms with Gasteiger partial charge in [0.15, 0.2) is 11.8 Å². The number of hydrogen-bond acceptors (Lipinski definition) is 4. The second-order valence-electron chi connectivity index (χ2n) is 8.08. The number of pyridine rings is 1. The Morgan fingerprint density at radius 2 is 1.94 bits per heavy atom. The van der Waals surface area contributed by atoms with Crippen LogP contribution in [0.3, 0.4) is 0 Å². The number of aryl methyl sites for hydroxylation is 4. The van der Waals surface area contributed by atoms with Gasteiger partial charge in [-0.15, -0.1) is 0 Å². The van der Waals surface area contributed by atoms with Crippen molar-refractivity contribution in [3.8, 4) is 5.82 Å². The molecule has 0 fully saturated rings. The molecular formula is C23H34N8. The standard InChI is InChI=1S/C23H34N8/c1-8-24-23(27-15(2)12-21-18(5)29-30(7)19(21)6)26-14-20-9-10-22(25-13-20)31-17(4)11-16(3)28-31/h9-11,13,15H,8,12,14H2,1-7H3,(H2,24,26,27). The van der Waals surface area contributed by atoms with Crippen molar-refractivity contribution in [1.82, 2.24) is 35.2 Å². The molecule has 1 unspecified atom stereocenters. The smallest absolute Gasteiger partial charge is 0.191 e. The zero-order valence-electron chi connectivity index (χ0n) is 19.7. The third-order valence-corrected chi connectivity index (χ3v) is 5.35. The molecule has 0 aliphatic heterocycles. The predicted octanol–water partition coefficient (Wildman–Crippen LogP) is 2.92. The maximum Gasteiger partial charge on any atom is 0.191 e. The molecule has 1 atom stereocenters. The minimum Gasteiger partial charge on any atom is -0.357 e. The van der Waals surface area contributed by atoms with Crippen LogP contribution in [0.5, 0.6) is 0 Å². The van der Waals surface area contributed by atoms with E-state index in [-0.39, 0.29) is 6.04 Å². The Hall–Kier alpha value is -3.16. The number of aliphatic imine (C=N–C) groups is 1. The summed E-state index contributed by atoms with van der Waals surface area (Å²) < 4.78 is 3.80. The molecule has 3 heterocycles. The minimum atomic E-state index is 0.228. The third kappa shape index (κ3) is 5.51. The first-order chi connectivity index (χ1) is 14.8. The number of rotatable bonds is 7. The SMILES string of the molecule is CCNC(=NCc1ccc(-n2nc(C)cc2C)nc1)NC(C)Cc1c(C)nn(C)c1C. The summed E-state index contributed by atoms with van der Waals surface area (Å²) in [7, 11) is 1.99. The summed E-state index contributed by atoms with van der Waals surface area (Å²) in [6, 6.07) is 6.31. The van der Waals surface area contributed by atoms with Crippen LogP contribution in [-0.4, -0.2) is 43.1 Å². The van der Waals surface area contributed by atoms with Gasteiger partial charge in [0.25, 0.3) is 0 Å². The van der Waals surface area contributed by atoms with E-state index in [1.165, 1.54) is 11.3 Å². The first kappa shape index (κ1) is 22.5. The van der Waals surface area contributed by atoms with E-state index in [4.69, 9.17) is 4.99 Å². The van der Waals surface area contributed by atoms with Crippen LogP contribution in [0.25, 0.3) is 5.82 Å². The molecule has 0 bridgehead atoms. The van der Waals surface area contributed by atoms with Crippen molar-refractivity contribution in [3.63, 3.8) is 0 Å². The van der Waals surface area contributed by atoms with Crippen LogP contribution in [-0.2, 0) is 20.0 Å². The predicted molar refractivity (Wildman–Crippen MR) is 125 cm³/mol. The van der Waals surface area contributed by atoms with Crippen LogP contribution in [0.2, 0.25) is 0 Å². The third-order valence-electron chi connectivity index (χ3n) is 5.35. The molecule has 3 aromatic heterocycles. The van der Waals surface area contributed by atoms with Crippen molar-refractivity contribution in [2.24, 2.45) is 12.0 Å². The van der Waals surface area contributed by atoms with Gasteiger partial charge in [0, 0.05) is 37.2 Å². The van der Waals surface area contributed by atoms with Crippen molar-refractivity contribution >= 4 is 5.96 Å². The van der Waals surface area contributed by atoms with Crippen LogP contribution in [0.4, 0.5) is 0 Å². The largest absolute Gasteiger partial charge is 0.357 e. The van der Waals surface area contributed by atoms with Crippen molar-refractivity contribution in [3.05, 3.63) is 58.3 Å². The molecule has 0 radical (unpaired) electrons. The molecule has 2 N–H and O–H groups in total. The summed E-state index contributed by atoms with van der Waals surface area (Å²) >= 11 is 0. The summed E-state index contributed by atoms with van der Waals surface area (Å²) in [5, 5.41) is 15.9. The summed E-state index contributed by atoms with van der Waals surface area (Å²) in [5.41, 5.74) is 6.70. The highest BCUT2D eigenvalue weighted by Gasteiger charge is 2.14. The van der Waals surface area contributed by atoms with Crippen LogP contribution >= 0.6 is 0 Å². The lowest BCUT2D eigenvalue weighted by Gasteiger charge is -2.18. The maximum absolute atomic E-state index is 4.75. The average molecular weight is 423 g/mol. The highest BCUT2D eigenvalue weighted by atomic mass is 15.3. The summed E-state index contributed by atoms with van der Waals surface area (Å²) in [6.45, 7) is 13.8. The van der Waals surface area contributed by atoms with E-state index in [0.29, 0.717) is 6.54 Å². The van der Waals surface area contributed by atoms with Crippen molar-refractivity contribution in [2.45, 2.75) is 60.5 Å². The van der Waals surface area contributed by atoms with Crippen LogP contribution < -0.4 is 10.6 Å². The molecule has 31 heavy (non-hydrogen) atoms. The highest BCUT2D eigenvalue weighted by molar-refractivity contribution is 5.80. The Bertz CT molecular complexity index is 1040. The van der Waals surface area contributed by atoms with Crippen LogP contribution in [0.15, 0.2) is 29.4 Å². The quantitative estimate of drug-likeness (QED) is 0.452. The Labute approximate surface area is 184 Å². The fraction of sp³-hybridized carbons (Fsp3) is 0.478. The van der Waals surface area contributed by atoms with E-state index in [2.05, 4.69) is 59.6 Å². The lowest BCUT2D eigenvalue weighted by Crippen LogP contribution is -2.43. The lowest BCUT2D eigenvalue weighted by atomic mass is 10.1. The zero-order valence-corrected chi connectivity index (χ0v) is 19.7. The van der Waals surface area contributed by atoms with Gasteiger partial charge in [-0.2, -0.15) is 10.2 Å². The fourth-order valence-electron chi connectivity index (χ4n) is 3.69. The fourth-order valence-corrected chi connectivity index (χ4v) is 3.69. The zero-order chi connectivity index (χ0) is 22.5. The second-order valence-corrected chi connectivity index (χ2v) is 8.08. The van der Waals surface area contributed by atoms with E-state index < -0.39 is 0 Å². The molecule has 0 spiro atoms. The monoisotopic (exact) mass is 422 g/mol. The molecule has 0 aliphatic rings. The highest BCUT2D eigenvalue weighted by Crippen LogP contribution is 2.14. The van der Waals surface area contributed by atoms with E-state index >= 15 is 0 Å². The van der Waals surface area contributed by atoms with Gasteiger partial charge >= 0.3 is 0 Å². The van der Waals surface area contributed by atoms with Crippen molar-refractivity contribution in [1.29, 1.82) is 0 Å². The minimum absolute atomic E-state index is 0.228. The summed E-state index contributed by atoms with van der Waals surface area (Å²) in [5.74, 6) is 1.62. The van der Waals surface area contributed by atoms with Gasteiger partial charge in [-0.3, -0.25) is 4.68 Å². The van der Waals surface area contributed by atoms with Gasteiger partial charge in [-0.25, -0.2) is 14.7 Å². The second kappa shape index (κ2) is 9.76. The Kier molecular flexibility index (Phi) is 7.09. The van der Waals surface area contributed by atoms with E-state index in [9.17, 15) is 0 Å². The molecule has 0 amide bonds. The van der Waals surface area contributed by atoms with E-state index in [1.807, 2.05) is 48.6 Å². The van der Waals surface area contributed by atoms with E-state index in [1.54, 1.807) is 0 Å². The molecule has 3 rings (SSSR count). The first-order valence-electron chi connectivity index (χ1n) is 10.8. The number of aromatic nitrogens is 5.